The molecule has 0 aliphatic rings. The van der Waals surface area contributed by atoms with Gasteiger partial charge in [-0.15, -0.1) is 0 Å². The first-order valence-electron chi connectivity index (χ1n) is 12.2. The second-order valence-corrected chi connectivity index (χ2v) is 14.3. The predicted molar refractivity (Wildman–Crippen MR) is 199 cm³/mol. The summed E-state index contributed by atoms with van der Waals surface area (Å²) in [5.41, 5.74) is 24.1. The maximum absolute atomic E-state index is 10.3. The Balaban J connectivity index is -0.000000569. The van der Waals surface area contributed by atoms with Gasteiger partial charge in [0.2, 0.25) is 0 Å². The van der Waals surface area contributed by atoms with E-state index in [1.165, 1.54) is 18.2 Å². The molecule has 50 heavy (non-hydrogen) atoms. The molecule has 4 rings (SSSR count). The molecule has 0 fully saturated rings. The van der Waals surface area contributed by atoms with Gasteiger partial charge in [-0.2, -0.15) is 15.8 Å². The Morgan fingerprint density at radius 3 is 1.46 bits per heavy atom. The van der Waals surface area contributed by atoms with Crippen molar-refractivity contribution in [3.8, 4) is 18.2 Å². The Labute approximate surface area is 322 Å². The van der Waals surface area contributed by atoms with Gasteiger partial charge in [0.15, 0.2) is 0 Å². The predicted octanol–water partition coefficient (Wildman–Crippen LogP) is 6.35. The molecule has 0 saturated heterocycles. The van der Waals surface area contributed by atoms with Crippen molar-refractivity contribution in [2.24, 2.45) is 5.73 Å². The van der Waals surface area contributed by atoms with Crippen LogP contribution in [0, 0.1) is 54.2 Å². The zero-order chi connectivity index (χ0) is 37.0. The van der Waals surface area contributed by atoms with Crippen LogP contribution in [-0.4, -0.2) is 39.7 Å². The number of nitriles is 3. The molecule has 0 amide bonds. The summed E-state index contributed by atoms with van der Waals surface area (Å²) in [6, 6.07) is 21.4. The average Bonchev–Trinajstić information content (AvgIpc) is 3.02. The summed E-state index contributed by atoms with van der Waals surface area (Å²) in [4.78, 5) is 19.4. The molecule has 0 heterocycles. The molecule has 0 aliphatic heterocycles. The van der Waals surface area contributed by atoms with Crippen LogP contribution in [0.2, 0.25) is 20.1 Å². The fraction of sp³-hybridized carbons (Fsp3) is 0.0357. The van der Waals surface area contributed by atoms with Gasteiger partial charge in [-0.3, -0.25) is 20.2 Å². The van der Waals surface area contributed by atoms with Crippen LogP contribution in [0.5, 0.6) is 0 Å². The van der Waals surface area contributed by atoms with Crippen LogP contribution in [0.4, 0.5) is 28.4 Å². The van der Waals surface area contributed by atoms with Crippen molar-refractivity contribution in [3.05, 3.63) is 129 Å². The van der Waals surface area contributed by atoms with Gasteiger partial charge in [-0.05, 0) is 48.0 Å². The zero-order valence-corrected chi connectivity index (χ0v) is 32.4. The van der Waals surface area contributed by atoms with Crippen LogP contribution >= 0.6 is 64.2 Å². The van der Waals surface area contributed by atoms with Crippen LogP contribution in [0.1, 0.15) is 22.3 Å². The third kappa shape index (κ3) is 19.8. The summed E-state index contributed by atoms with van der Waals surface area (Å²) < 4.78 is 0. The van der Waals surface area contributed by atoms with Gasteiger partial charge in [-0.25, -0.2) is 0 Å². The molecule has 0 bridgehead atoms. The number of non-ortho nitro benzene ring substituents is 2. The molecule has 0 aromatic heterocycles. The first-order valence-corrected chi connectivity index (χ1v) is 21.0. The number of anilines is 3. The van der Waals surface area contributed by atoms with E-state index in [0.29, 0.717) is 33.5 Å². The van der Waals surface area contributed by atoms with Gasteiger partial charge < -0.3 is 33.9 Å². The number of nitrogens with two attached hydrogens (primary N) is 4. The van der Waals surface area contributed by atoms with E-state index in [1.54, 1.807) is 42.5 Å². The van der Waals surface area contributed by atoms with Crippen molar-refractivity contribution >= 4 is 112 Å². The first kappa shape index (κ1) is 50.3. The second-order valence-electron chi connectivity index (χ2n) is 8.38. The molecule has 22 heteroatoms. The Morgan fingerprint density at radius 2 is 1.06 bits per heavy atom. The summed E-state index contributed by atoms with van der Waals surface area (Å²) in [5.74, 6) is 0. The van der Waals surface area contributed by atoms with Crippen LogP contribution in [0.25, 0.3) is 0 Å². The molecule has 0 unspecified atom stereocenters. The van der Waals surface area contributed by atoms with Crippen LogP contribution < -0.4 is 22.9 Å². The van der Waals surface area contributed by atoms with Crippen LogP contribution in [-0.2, 0) is 6.54 Å². The number of halogens is 6. The van der Waals surface area contributed by atoms with Gasteiger partial charge in [0.1, 0.15) is 6.07 Å². The fourth-order valence-electron chi connectivity index (χ4n) is 3.02. The van der Waals surface area contributed by atoms with Crippen molar-refractivity contribution in [3.63, 3.8) is 0 Å². The van der Waals surface area contributed by atoms with E-state index < -0.39 is 28.7 Å². The molecule has 2 radical (unpaired) electrons. The third-order valence-electron chi connectivity index (χ3n) is 4.93. The summed E-state index contributed by atoms with van der Waals surface area (Å²) in [6.45, 7) is 0.477. The van der Waals surface area contributed by atoms with Crippen LogP contribution in [0.3, 0.4) is 0 Å². The number of nitrogen functional groups attached to an aromatic ring is 3. The minimum absolute atomic E-state index is 0. The van der Waals surface area contributed by atoms with Gasteiger partial charge in [0, 0.05) is 57.3 Å². The molecule has 0 atom stereocenters. The summed E-state index contributed by atoms with van der Waals surface area (Å²) in [6.07, 6.45) is 0. The fourth-order valence-corrected chi connectivity index (χ4v) is 3.97. The van der Waals surface area contributed by atoms with E-state index in [2.05, 4.69) is 0 Å². The van der Waals surface area contributed by atoms with E-state index in [0.717, 1.165) is 17.7 Å². The Morgan fingerprint density at radius 1 is 0.640 bits per heavy atom. The van der Waals surface area contributed by atoms with Crippen LogP contribution in [0.15, 0.2) is 66.7 Å². The molecule has 4 aromatic rings. The average molecular weight is 915 g/mol. The number of nitrogens with zero attached hydrogens (tertiary/aromatic N) is 5. The molecule has 0 saturated carbocycles. The monoisotopic (exact) mass is 913 g/mol. The van der Waals surface area contributed by atoms with Crippen molar-refractivity contribution in [1.29, 1.82) is 15.8 Å². The SMILES string of the molecule is N#Cc1cc(Cl)cc([N+](=O)[O-])c1.N#Cc1cc(N)cc(Cl)c1.N#Cc1cc([N+](=O)[O-])cc(Cl)c1N.NCc1cc(N)cc(Cl)c1.O.O.[Cl][Sn][Cl]. The topological polar surface area (TPSA) is 325 Å². The van der Waals surface area contributed by atoms with E-state index in [4.69, 9.17) is 103 Å². The van der Waals surface area contributed by atoms with Crippen molar-refractivity contribution < 1.29 is 20.8 Å². The van der Waals surface area contributed by atoms with Crippen molar-refractivity contribution in [2.75, 3.05) is 17.2 Å². The Kier molecular flexibility index (Phi) is 27.0. The van der Waals surface area contributed by atoms with E-state index >= 15 is 0 Å². The minimum atomic E-state index is -0.826. The maximum atomic E-state index is 10.3. The number of rotatable bonds is 3. The number of hydrogen-bond donors (Lipinski definition) is 4. The molecular formula is C28H25Cl6N9O6Sn. The first-order chi connectivity index (χ1) is 22.5. The zero-order valence-electron chi connectivity index (χ0n) is 25.0. The molecule has 0 spiro atoms. The summed E-state index contributed by atoms with van der Waals surface area (Å²) >= 11 is 21.5. The Bertz CT molecular complexity index is 1830. The summed E-state index contributed by atoms with van der Waals surface area (Å²) in [5, 5.41) is 47.3. The van der Waals surface area contributed by atoms with Crippen molar-refractivity contribution in [2.45, 2.75) is 6.54 Å². The number of nitro benzene ring substituents is 2. The normalized spacial score (nSPS) is 8.64. The van der Waals surface area contributed by atoms with E-state index in [9.17, 15) is 20.2 Å². The molecular weight excluding hydrogens is 890 g/mol. The number of hydrogen-bond acceptors (Lipinski definition) is 11. The van der Waals surface area contributed by atoms with Crippen molar-refractivity contribution in [1.82, 2.24) is 0 Å². The number of benzene rings is 4. The molecule has 12 N–H and O–H groups in total. The molecule has 4 aromatic carbocycles. The molecule has 0 aliphatic carbocycles. The quantitative estimate of drug-likeness (QED) is 0.0760. The molecule has 264 valence electrons. The van der Waals surface area contributed by atoms with Gasteiger partial charge in [0.25, 0.3) is 11.4 Å². The standard InChI is InChI=1S/C7H4ClN3O2.C7H3ClN2O2.C7H9ClN2.C7H5ClN2.2ClH.2H2O.Sn/c8-6-2-5(11(12)13)1-4(3-9)7(6)10;8-6-1-5(4-9)2-7(3-6)10(11)12;2*8-6-1-5(4-9)2-7(10)3-6;;;;;/h1-2H,10H2;1-3H;1-3H,4,9-10H2;1-3H,10H2;2*1H;2*1H2;/q;;;;;;;;+2/p-2. The van der Waals surface area contributed by atoms with E-state index in [-0.39, 0.29) is 49.2 Å². The molecule has 15 nitrogen and oxygen atoms in total. The number of nitro groups is 2. The van der Waals surface area contributed by atoms with E-state index in [1.807, 2.05) is 12.1 Å². The van der Waals surface area contributed by atoms with Gasteiger partial charge in [-0.1, -0.05) is 46.4 Å². The third-order valence-corrected chi connectivity index (χ3v) is 5.90. The summed E-state index contributed by atoms with van der Waals surface area (Å²) in [7, 11) is 9.87. The Hall–Kier alpha value is -4.03. The van der Waals surface area contributed by atoms with Gasteiger partial charge in [0.05, 0.1) is 49.4 Å². The second kappa shape index (κ2) is 26.8. The van der Waals surface area contributed by atoms with Gasteiger partial charge >= 0.3 is 36.7 Å².